The smallest absolute Gasteiger partial charge is 0.297 e. The van der Waals surface area contributed by atoms with Crippen LogP contribution in [0.3, 0.4) is 0 Å². The molecule has 9 nitrogen and oxygen atoms in total. The maximum atomic E-state index is 13.3. The Balaban J connectivity index is 1.46. The van der Waals surface area contributed by atoms with Gasteiger partial charge in [-0.25, -0.2) is 9.36 Å². The van der Waals surface area contributed by atoms with E-state index in [0.29, 0.717) is 35.8 Å². The molecular formula is C24H21ClN6O3. The molecule has 0 radical (unpaired) electrons. The van der Waals surface area contributed by atoms with Crippen molar-refractivity contribution in [3.05, 3.63) is 81.9 Å². The molecule has 6 rings (SSSR count). The molecular weight excluding hydrogens is 456 g/mol. The minimum absolute atomic E-state index is 0.228. The molecule has 0 amide bonds. The number of rotatable bonds is 4. The number of halogens is 1. The molecule has 1 saturated heterocycles. The monoisotopic (exact) mass is 476 g/mol. The number of ether oxygens (including phenoxy) is 1. The summed E-state index contributed by atoms with van der Waals surface area (Å²) >= 11 is 6.59. The lowest BCUT2D eigenvalue weighted by Crippen LogP contribution is -2.38. The van der Waals surface area contributed by atoms with Gasteiger partial charge >= 0.3 is 0 Å². The molecule has 2 aromatic carbocycles. The third-order valence-corrected chi connectivity index (χ3v) is 6.51. The van der Waals surface area contributed by atoms with Crippen LogP contribution in [0.25, 0.3) is 28.0 Å². The zero-order valence-corrected chi connectivity index (χ0v) is 18.8. The predicted octanol–water partition coefficient (Wildman–Crippen LogP) is 2.91. The fourth-order valence-electron chi connectivity index (χ4n) is 4.45. The number of para-hydroxylation sites is 1. The second kappa shape index (κ2) is 8.35. The first-order chi connectivity index (χ1) is 16.6. The lowest BCUT2D eigenvalue weighted by Gasteiger charge is -2.26. The van der Waals surface area contributed by atoms with Gasteiger partial charge in [-0.2, -0.15) is 15.3 Å². The van der Waals surface area contributed by atoms with E-state index >= 15 is 0 Å². The number of aromatic nitrogens is 6. The number of fused-ring (bicyclic) bond motifs is 3. The summed E-state index contributed by atoms with van der Waals surface area (Å²) in [5, 5.41) is 25.2. The molecule has 34 heavy (non-hydrogen) atoms. The zero-order chi connectivity index (χ0) is 23.2. The van der Waals surface area contributed by atoms with E-state index in [-0.39, 0.29) is 17.9 Å². The first kappa shape index (κ1) is 21.0. The van der Waals surface area contributed by atoms with Crippen LogP contribution in [0.4, 0.5) is 0 Å². The van der Waals surface area contributed by atoms with Crippen LogP contribution in [0.1, 0.15) is 18.0 Å². The number of benzene rings is 2. The highest BCUT2D eigenvalue weighted by molar-refractivity contribution is 6.35. The Kier molecular flexibility index (Phi) is 5.17. The number of nitrogens with zero attached hydrogens (tertiary/aromatic N) is 6. The third-order valence-electron chi connectivity index (χ3n) is 6.21. The van der Waals surface area contributed by atoms with Gasteiger partial charge in [0.15, 0.2) is 5.69 Å². The molecule has 0 aliphatic carbocycles. The quantitative estimate of drug-likeness (QED) is 0.428. The Bertz CT molecular complexity index is 1490. The lowest BCUT2D eigenvalue weighted by molar-refractivity contribution is -0.0338. The Morgan fingerprint density at radius 1 is 1.09 bits per heavy atom. The second-order valence-corrected chi connectivity index (χ2v) is 8.76. The first-order valence-corrected chi connectivity index (χ1v) is 11.4. The van der Waals surface area contributed by atoms with Crippen molar-refractivity contribution in [2.75, 3.05) is 13.2 Å². The van der Waals surface area contributed by atoms with Crippen LogP contribution in [0.2, 0.25) is 5.02 Å². The number of aliphatic hydroxyl groups excluding tert-OH is 1. The molecule has 172 valence electrons. The number of hydrogen-bond acceptors (Lipinski definition) is 6. The lowest BCUT2D eigenvalue weighted by atomic mass is 10.1. The van der Waals surface area contributed by atoms with Gasteiger partial charge in [-0.05, 0) is 36.2 Å². The van der Waals surface area contributed by atoms with Gasteiger partial charge in [-0.15, -0.1) is 0 Å². The summed E-state index contributed by atoms with van der Waals surface area (Å²) in [6.45, 7) is 1.10. The van der Waals surface area contributed by atoms with E-state index < -0.39 is 12.1 Å². The zero-order valence-electron chi connectivity index (χ0n) is 18.1. The molecule has 2 atom stereocenters. The van der Waals surface area contributed by atoms with Crippen LogP contribution in [-0.4, -0.2) is 53.8 Å². The van der Waals surface area contributed by atoms with Crippen LogP contribution >= 0.6 is 11.6 Å². The van der Waals surface area contributed by atoms with Gasteiger partial charge < -0.3 is 9.84 Å². The Morgan fingerprint density at radius 3 is 2.71 bits per heavy atom. The van der Waals surface area contributed by atoms with Gasteiger partial charge in [0, 0.05) is 24.4 Å². The highest BCUT2D eigenvalue weighted by Crippen LogP contribution is 2.31. The van der Waals surface area contributed by atoms with Crippen LogP contribution in [0.15, 0.2) is 65.7 Å². The van der Waals surface area contributed by atoms with Crippen molar-refractivity contribution in [3.63, 3.8) is 0 Å². The first-order valence-electron chi connectivity index (χ1n) is 11.0. The number of aliphatic hydroxyl groups is 1. The van der Waals surface area contributed by atoms with E-state index in [1.165, 1.54) is 4.68 Å². The third kappa shape index (κ3) is 3.49. The van der Waals surface area contributed by atoms with E-state index in [1.807, 2.05) is 48.7 Å². The SMILES string of the molecule is O=c1c2nn(Cc3ccc(-n4cccn4)cc3)c3c(Cl)cccc3c-2nn1[C@H]1COCC[C@@H]1O. The van der Waals surface area contributed by atoms with Gasteiger partial charge in [-0.3, -0.25) is 9.48 Å². The Hall–Kier alpha value is -3.53. The maximum absolute atomic E-state index is 13.3. The highest BCUT2D eigenvalue weighted by Gasteiger charge is 2.32. The minimum atomic E-state index is -0.703. The molecule has 0 unspecified atom stereocenters. The summed E-state index contributed by atoms with van der Waals surface area (Å²) in [6.07, 6.45) is 3.37. The van der Waals surface area contributed by atoms with Crippen molar-refractivity contribution in [3.8, 4) is 17.1 Å². The van der Waals surface area contributed by atoms with Crippen LogP contribution in [0, 0.1) is 0 Å². The Morgan fingerprint density at radius 2 is 1.94 bits per heavy atom. The van der Waals surface area contributed by atoms with Gasteiger partial charge in [0.2, 0.25) is 0 Å². The molecule has 10 heteroatoms. The summed E-state index contributed by atoms with van der Waals surface area (Å²) in [6, 6.07) is 14.8. The molecule has 1 fully saturated rings. The average molecular weight is 477 g/mol. The van der Waals surface area contributed by atoms with E-state index in [0.717, 1.165) is 16.6 Å². The van der Waals surface area contributed by atoms with Crippen molar-refractivity contribution in [1.82, 2.24) is 29.3 Å². The van der Waals surface area contributed by atoms with Crippen molar-refractivity contribution in [2.24, 2.45) is 0 Å². The molecule has 1 aromatic heterocycles. The topological polar surface area (TPSA) is 100.0 Å². The second-order valence-electron chi connectivity index (χ2n) is 8.36. The average Bonchev–Trinajstić information content (AvgIpc) is 3.49. The summed E-state index contributed by atoms with van der Waals surface area (Å²) < 4.78 is 10.3. The van der Waals surface area contributed by atoms with Gasteiger partial charge in [-0.1, -0.05) is 35.9 Å². The van der Waals surface area contributed by atoms with Gasteiger partial charge in [0.25, 0.3) is 5.56 Å². The fourth-order valence-corrected chi connectivity index (χ4v) is 4.73. The molecule has 0 saturated carbocycles. The van der Waals surface area contributed by atoms with Gasteiger partial charge in [0.05, 0.1) is 35.5 Å². The Labute approximate surface area is 199 Å². The standard InChI is InChI=1S/C24H21ClN6O3/c25-18-4-1-3-17-21-22(24(33)31(28-21)19-14-34-12-9-20(19)32)27-30(23(17)18)13-15-5-7-16(8-6-15)29-11-2-10-26-29/h1-8,10-11,19-20,32H,9,12-14H2/t19-,20-/m0/s1. The van der Waals surface area contributed by atoms with E-state index in [1.54, 1.807) is 21.6 Å². The molecule has 3 aromatic rings. The van der Waals surface area contributed by atoms with Crippen molar-refractivity contribution < 1.29 is 9.84 Å². The van der Waals surface area contributed by atoms with Crippen molar-refractivity contribution in [1.29, 1.82) is 0 Å². The summed E-state index contributed by atoms with van der Waals surface area (Å²) in [5.74, 6) is 0. The molecule has 4 heterocycles. The van der Waals surface area contributed by atoms with Gasteiger partial charge in [0.1, 0.15) is 11.7 Å². The largest absolute Gasteiger partial charge is 0.391 e. The molecule has 3 aliphatic rings. The minimum Gasteiger partial charge on any atom is -0.391 e. The molecule has 1 N–H and O–H groups in total. The molecule has 0 bridgehead atoms. The number of hydrogen-bond donors (Lipinski definition) is 1. The summed E-state index contributed by atoms with van der Waals surface area (Å²) in [7, 11) is 0. The van der Waals surface area contributed by atoms with E-state index in [2.05, 4.69) is 15.3 Å². The predicted molar refractivity (Wildman–Crippen MR) is 127 cm³/mol. The van der Waals surface area contributed by atoms with E-state index in [4.69, 9.17) is 16.3 Å². The normalized spacial score (nSPS) is 18.6. The van der Waals surface area contributed by atoms with E-state index in [9.17, 15) is 9.90 Å². The highest BCUT2D eigenvalue weighted by atomic mass is 35.5. The van der Waals surface area contributed by atoms with Crippen molar-refractivity contribution in [2.45, 2.75) is 25.1 Å². The van der Waals surface area contributed by atoms with Crippen LogP contribution in [0.5, 0.6) is 0 Å². The fraction of sp³-hybridized carbons (Fsp3) is 0.250. The maximum Gasteiger partial charge on any atom is 0.297 e. The van der Waals surface area contributed by atoms with Crippen molar-refractivity contribution >= 4 is 22.5 Å². The molecule has 3 aliphatic heterocycles. The molecule has 0 spiro atoms. The summed E-state index contributed by atoms with van der Waals surface area (Å²) in [4.78, 5) is 13.3. The van der Waals surface area contributed by atoms with Crippen LogP contribution < -0.4 is 5.56 Å². The van der Waals surface area contributed by atoms with Crippen LogP contribution in [-0.2, 0) is 11.3 Å². The summed E-state index contributed by atoms with van der Waals surface area (Å²) in [5.41, 5.74) is 2.98.